The van der Waals surface area contributed by atoms with E-state index < -0.39 is 0 Å². The molecule has 0 aromatic rings. The number of likely N-dealkylation sites (tertiary alicyclic amines) is 1. The molecule has 0 saturated carbocycles. The van der Waals surface area contributed by atoms with Crippen LogP contribution in [-0.4, -0.2) is 47.5 Å². The van der Waals surface area contributed by atoms with Gasteiger partial charge in [-0.05, 0) is 32.2 Å². The molecule has 0 aromatic heterocycles. The van der Waals surface area contributed by atoms with Crippen LogP contribution >= 0.6 is 0 Å². The number of aliphatic hydroxyl groups is 2. The second-order valence-electron chi connectivity index (χ2n) is 4.15. The Kier molecular flexibility index (Phi) is 4.70. The third-order valence-electron chi connectivity index (χ3n) is 2.63. The minimum absolute atomic E-state index is 0.252. The lowest BCUT2D eigenvalue weighted by Gasteiger charge is -2.24. The fourth-order valence-corrected chi connectivity index (χ4v) is 2.00. The van der Waals surface area contributed by atoms with E-state index in [0.717, 1.165) is 26.1 Å². The highest BCUT2D eigenvalue weighted by atomic mass is 16.3. The van der Waals surface area contributed by atoms with Gasteiger partial charge in [-0.2, -0.15) is 0 Å². The second kappa shape index (κ2) is 5.58. The van der Waals surface area contributed by atoms with E-state index in [1.807, 2.05) is 6.92 Å². The first-order valence-corrected chi connectivity index (χ1v) is 5.23. The minimum atomic E-state index is -0.252. The monoisotopic (exact) mass is 187 g/mol. The molecule has 0 radical (unpaired) electrons. The number of nitrogens with zero attached hydrogens (tertiary/aromatic N) is 1. The van der Waals surface area contributed by atoms with E-state index in [-0.39, 0.29) is 12.7 Å². The van der Waals surface area contributed by atoms with Crippen LogP contribution in [0, 0.1) is 5.92 Å². The molecule has 1 rings (SSSR count). The van der Waals surface area contributed by atoms with Crippen molar-refractivity contribution >= 4 is 0 Å². The van der Waals surface area contributed by atoms with Crippen molar-refractivity contribution in [3.63, 3.8) is 0 Å². The first-order valence-electron chi connectivity index (χ1n) is 5.23. The maximum atomic E-state index is 9.25. The quantitative estimate of drug-likeness (QED) is 0.674. The number of rotatable bonds is 3. The summed E-state index contributed by atoms with van der Waals surface area (Å²) in [6.07, 6.45) is 3.29. The van der Waals surface area contributed by atoms with E-state index in [0.29, 0.717) is 5.92 Å². The van der Waals surface area contributed by atoms with E-state index >= 15 is 0 Å². The summed E-state index contributed by atoms with van der Waals surface area (Å²) in [7, 11) is 0. The van der Waals surface area contributed by atoms with Gasteiger partial charge >= 0.3 is 0 Å². The van der Waals surface area contributed by atoms with Crippen LogP contribution in [0.15, 0.2) is 0 Å². The van der Waals surface area contributed by atoms with Gasteiger partial charge in [0, 0.05) is 19.7 Å². The number of hydrogen-bond donors (Lipinski definition) is 2. The van der Waals surface area contributed by atoms with Crippen LogP contribution in [0.4, 0.5) is 0 Å². The van der Waals surface area contributed by atoms with Crippen molar-refractivity contribution in [2.45, 2.75) is 32.3 Å². The molecule has 78 valence electrons. The molecule has 3 heteroatoms. The van der Waals surface area contributed by atoms with Gasteiger partial charge in [-0.3, -0.25) is 0 Å². The van der Waals surface area contributed by atoms with Gasteiger partial charge in [0.25, 0.3) is 0 Å². The van der Waals surface area contributed by atoms with Gasteiger partial charge in [-0.25, -0.2) is 0 Å². The molecule has 0 aromatic carbocycles. The molecule has 1 heterocycles. The summed E-state index contributed by atoms with van der Waals surface area (Å²) in [5.41, 5.74) is 0. The van der Waals surface area contributed by atoms with E-state index in [9.17, 15) is 5.11 Å². The van der Waals surface area contributed by atoms with Gasteiger partial charge in [0.15, 0.2) is 0 Å². The average Bonchev–Trinajstić information content (AvgIpc) is 2.28. The third-order valence-corrected chi connectivity index (χ3v) is 2.63. The molecule has 13 heavy (non-hydrogen) atoms. The summed E-state index contributed by atoms with van der Waals surface area (Å²) in [6.45, 7) is 4.87. The smallest absolute Gasteiger partial charge is 0.0639 e. The second-order valence-corrected chi connectivity index (χ2v) is 4.15. The predicted octanol–water partition coefficient (Wildman–Crippen LogP) is 0.462. The highest BCUT2D eigenvalue weighted by molar-refractivity contribution is 4.71. The lowest BCUT2D eigenvalue weighted by Crippen LogP contribution is -2.35. The minimum Gasteiger partial charge on any atom is -0.396 e. The maximum Gasteiger partial charge on any atom is 0.0639 e. The molecule has 2 N–H and O–H groups in total. The fraction of sp³-hybridized carbons (Fsp3) is 1.00. The lowest BCUT2D eigenvalue weighted by molar-refractivity contribution is 0.108. The first-order chi connectivity index (χ1) is 6.22. The zero-order valence-corrected chi connectivity index (χ0v) is 8.45. The highest BCUT2D eigenvalue weighted by Gasteiger charge is 2.17. The zero-order chi connectivity index (χ0) is 9.68. The number of β-amino-alcohol motifs (C(OH)–C–C–N with tert-alkyl or cyclic N) is 1. The Morgan fingerprint density at radius 2 is 2.23 bits per heavy atom. The largest absolute Gasteiger partial charge is 0.396 e. The Bertz CT molecular complexity index is 139. The summed E-state index contributed by atoms with van der Waals surface area (Å²) in [6, 6.07) is 0. The van der Waals surface area contributed by atoms with Crippen LogP contribution in [0.1, 0.15) is 26.2 Å². The van der Waals surface area contributed by atoms with Crippen LogP contribution in [0.25, 0.3) is 0 Å². The van der Waals surface area contributed by atoms with Gasteiger partial charge in [-0.1, -0.05) is 6.42 Å². The SMILES string of the molecule is CC(O)CN1CCCCC(CO)C1. The molecule has 1 aliphatic rings. The Balaban J connectivity index is 2.35. The van der Waals surface area contributed by atoms with Crippen LogP contribution in [-0.2, 0) is 0 Å². The van der Waals surface area contributed by atoms with Gasteiger partial charge < -0.3 is 15.1 Å². The van der Waals surface area contributed by atoms with Crippen LogP contribution in [0.2, 0.25) is 0 Å². The molecule has 1 aliphatic heterocycles. The standard InChI is InChI=1S/C10H21NO2/c1-9(13)6-11-5-3-2-4-10(7-11)8-12/h9-10,12-13H,2-8H2,1H3. The maximum absolute atomic E-state index is 9.25. The molecule has 2 atom stereocenters. The molecule has 1 saturated heterocycles. The molecule has 0 spiro atoms. The Morgan fingerprint density at radius 1 is 1.46 bits per heavy atom. The van der Waals surface area contributed by atoms with Crippen molar-refractivity contribution in [3.8, 4) is 0 Å². The van der Waals surface area contributed by atoms with Crippen molar-refractivity contribution < 1.29 is 10.2 Å². The van der Waals surface area contributed by atoms with Crippen molar-refractivity contribution in [1.82, 2.24) is 4.90 Å². The first kappa shape index (κ1) is 11.0. The number of hydrogen-bond acceptors (Lipinski definition) is 3. The molecule has 0 bridgehead atoms. The summed E-state index contributed by atoms with van der Waals surface area (Å²) >= 11 is 0. The number of aliphatic hydroxyl groups excluding tert-OH is 2. The normalized spacial score (nSPS) is 28.4. The predicted molar refractivity (Wildman–Crippen MR) is 52.5 cm³/mol. The Morgan fingerprint density at radius 3 is 2.85 bits per heavy atom. The molecule has 1 fully saturated rings. The zero-order valence-electron chi connectivity index (χ0n) is 8.45. The summed E-state index contributed by atoms with van der Waals surface area (Å²) in [4.78, 5) is 2.26. The lowest BCUT2D eigenvalue weighted by atomic mass is 10.1. The van der Waals surface area contributed by atoms with E-state index in [2.05, 4.69) is 4.90 Å². The Hall–Kier alpha value is -0.120. The van der Waals surface area contributed by atoms with Gasteiger partial charge in [0.2, 0.25) is 0 Å². The van der Waals surface area contributed by atoms with Crippen LogP contribution < -0.4 is 0 Å². The molecular formula is C10H21NO2. The average molecular weight is 187 g/mol. The van der Waals surface area contributed by atoms with Crippen LogP contribution in [0.3, 0.4) is 0 Å². The summed E-state index contributed by atoms with van der Waals surface area (Å²) in [5.74, 6) is 0.418. The van der Waals surface area contributed by atoms with E-state index in [4.69, 9.17) is 5.11 Å². The van der Waals surface area contributed by atoms with E-state index in [1.54, 1.807) is 0 Å². The van der Waals surface area contributed by atoms with Gasteiger partial charge in [0.05, 0.1) is 6.10 Å². The molecule has 0 aliphatic carbocycles. The van der Waals surface area contributed by atoms with Crippen molar-refractivity contribution in [1.29, 1.82) is 0 Å². The van der Waals surface area contributed by atoms with Crippen molar-refractivity contribution in [2.75, 3.05) is 26.2 Å². The van der Waals surface area contributed by atoms with Crippen LogP contribution in [0.5, 0.6) is 0 Å². The summed E-state index contributed by atoms with van der Waals surface area (Å²) in [5, 5.41) is 18.3. The van der Waals surface area contributed by atoms with Gasteiger partial charge in [0.1, 0.15) is 0 Å². The van der Waals surface area contributed by atoms with E-state index in [1.165, 1.54) is 12.8 Å². The molecular weight excluding hydrogens is 166 g/mol. The topological polar surface area (TPSA) is 43.7 Å². The third kappa shape index (κ3) is 4.07. The van der Waals surface area contributed by atoms with Gasteiger partial charge in [-0.15, -0.1) is 0 Å². The Labute approximate surface area is 80.4 Å². The molecule has 0 amide bonds. The highest BCUT2D eigenvalue weighted by Crippen LogP contribution is 2.15. The van der Waals surface area contributed by atoms with Crippen molar-refractivity contribution in [2.24, 2.45) is 5.92 Å². The summed E-state index contributed by atoms with van der Waals surface area (Å²) < 4.78 is 0. The molecule has 3 nitrogen and oxygen atoms in total. The fourth-order valence-electron chi connectivity index (χ4n) is 2.00. The van der Waals surface area contributed by atoms with Crippen molar-refractivity contribution in [3.05, 3.63) is 0 Å². The molecule has 2 unspecified atom stereocenters.